The third-order valence-corrected chi connectivity index (χ3v) is 14.5. The van der Waals surface area contributed by atoms with Gasteiger partial charge in [0.2, 0.25) is 0 Å². The van der Waals surface area contributed by atoms with E-state index >= 15 is 0 Å². The molecule has 0 unspecified atom stereocenters. The van der Waals surface area contributed by atoms with Crippen LogP contribution in [0.3, 0.4) is 0 Å². The number of aryl methyl sites for hydroxylation is 2. The summed E-state index contributed by atoms with van der Waals surface area (Å²) in [6.45, 7) is 4.26. The highest BCUT2D eigenvalue weighted by Crippen LogP contribution is 2.49. The van der Waals surface area contributed by atoms with E-state index in [1.54, 1.807) is 0 Å². The molecule has 3 nitrogen and oxygen atoms in total. The zero-order chi connectivity index (χ0) is 48.1. The van der Waals surface area contributed by atoms with E-state index in [2.05, 4.69) is 295 Å². The number of fused-ring (bicyclic) bond motifs is 4. The lowest BCUT2D eigenvalue weighted by molar-refractivity contribution is 1.22. The van der Waals surface area contributed by atoms with Crippen molar-refractivity contribution in [2.75, 3.05) is 14.7 Å². The normalized spacial score (nSPS) is 12.2. The quantitative estimate of drug-likeness (QED) is 0.134. The predicted octanol–water partition coefficient (Wildman–Crippen LogP) is 16.5. The Morgan fingerprint density at radius 2 is 0.625 bits per heavy atom. The molecule has 0 bridgehead atoms. The Kier molecular flexibility index (Phi) is 10.7. The summed E-state index contributed by atoms with van der Waals surface area (Å²) in [5, 5.41) is 0. The molecule has 72 heavy (non-hydrogen) atoms. The van der Waals surface area contributed by atoms with Gasteiger partial charge in [0.25, 0.3) is 6.71 Å². The molecule has 0 spiro atoms. The summed E-state index contributed by atoms with van der Waals surface area (Å²) in [6, 6.07) is 98.4. The largest absolute Gasteiger partial charge is 0.311 e. The first-order valence-corrected chi connectivity index (χ1v) is 24.9. The molecule has 2 aliphatic rings. The molecule has 0 fully saturated rings. The molecule has 0 aromatic heterocycles. The summed E-state index contributed by atoms with van der Waals surface area (Å²) in [5.41, 5.74) is 25.9. The van der Waals surface area contributed by atoms with Gasteiger partial charge in [-0.2, -0.15) is 0 Å². The average molecular weight is 920 g/mol. The lowest BCUT2D eigenvalue weighted by atomic mass is 9.33. The van der Waals surface area contributed by atoms with Gasteiger partial charge >= 0.3 is 0 Å². The zero-order valence-electron chi connectivity index (χ0n) is 40.3. The van der Waals surface area contributed by atoms with Crippen molar-refractivity contribution in [1.82, 2.24) is 0 Å². The Bertz CT molecular complexity index is 3520. The summed E-state index contributed by atoms with van der Waals surface area (Å²) < 4.78 is 0. The van der Waals surface area contributed by atoms with Crippen LogP contribution in [0.2, 0.25) is 0 Å². The molecule has 2 aliphatic heterocycles. The van der Waals surface area contributed by atoms with Crippen LogP contribution in [-0.2, 0) is 0 Å². The van der Waals surface area contributed by atoms with Crippen molar-refractivity contribution >= 4 is 74.3 Å². The van der Waals surface area contributed by atoms with E-state index in [1.165, 1.54) is 72.0 Å². The Morgan fingerprint density at radius 3 is 1.00 bits per heavy atom. The van der Waals surface area contributed by atoms with Gasteiger partial charge in [-0.25, -0.2) is 0 Å². The second-order valence-corrected chi connectivity index (χ2v) is 19.1. The Morgan fingerprint density at radius 1 is 0.278 bits per heavy atom. The van der Waals surface area contributed by atoms with E-state index in [4.69, 9.17) is 0 Å². The van der Waals surface area contributed by atoms with Gasteiger partial charge in [-0.3, -0.25) is 0 Å². The molecule has 0 radical (unpaired) electrons. The highest BCUT2D eigenvalue weighted by molar-refractivity contribution is 7.00. The molecule has 0 saturated heterocycles. The number of hydrogen-bond donors (Lipinski definition) is 0. The zero-order valence-corrected chi connectivity index (χ0v) is 40.3. The molecule has 13 rings (SSSR count). The lowest BCUT2D eigenvalue weighted by Gasteiger charge is -2.45. The van der Waals surface area contributed by atoms with E-state index in [9.17, 15) is 0 Å². The van der Waals surface area contributed by atoms with Crippen LogP contribution in [0.1, 0.15) is 11.1 Å². The van der Waals surface area contributed by atoms with Crippen molar-refractivity contribution in [3.8, 4) is 44.5 Å². The third kappa shape index (κ3) is 7.66. The van der Waals surface area contributed by atoms with Gasteiger partial charge in [0.1, 0.15) is 0 Å². The Labute approximate surface area is 423 Å². The minimum absolute atomic E-state index is 0.104. The SMILES string of the molecule is Cc1cccc(N(c2cccc(C)c2)c2cc3c4c(c2)N(c2ccc(-c5ccccc5)cc2)c2ccc(-c5ccccc5)cc2B4c2cc(-c4ccccc4)ccc2N3c2ccc(-c3ccccc3)cc2)c1. The molecule has 0 atom stereocenters. The summed E-state index contributed by atoms with van der Waals surface area (Å²) in [6.07, 6.45) is 0. The highest BCUT2D eigenvalue weighted by atomic mass is 15.2. The fraction of sp³-hybridized carbons (Fsp3) is 0.0294. The van der Waals surface area contributed by atoms with Gasteiger partial charge in [-0.1, -0.05) is 194 Å². The van der Waals surface area contributed by atoms with Crippen LogP contribution < -0.4 is 31.1 Å². The van der Waals surface area contributed by atoms with Crippen LogP contribution in [0.4, 0.5) is 51.2 Å². The second-order valence-electron chi connectivity index (χ2n) is 19.1. The van der Waals surface area contributed by atoms with Crippen LogP contribution >= 0.6 is 0 Å². The first-order valence-electron chi connectivity index (χ1n) is 24.9. The summed E-state index contributed by atoms with van der Waals surface area (Å²) >= 11 is 0. The molecular weight excluding hydrogens is 870 g/mol. The Balaban J connectivity index is 1.13. The molecule has 4 heteroatoms. The van der Waals surface area contributed by atoms with Crippen molar-refractivity contribution < 1.29 is 0 Å². The van der Waals surface area contributed by atoms with Gasteiger partial charge < -0.3 is 14.7 Å². The van der Waals surface area contributed by atoms with Crippen molar-refractivity contribution in [1.29, 1.82) is 0 Å². The monoisotopic (exact) mass is 919 g/mol. The standard InChI is InChI=1S/C68H50BN3/c1-47-17-15-27-59(41-47)70(60-28-16-18-48(2)42-60)61-45-66-68-67(46-61)72(58-37-31-54(32-38-58)50-21-9-4-10-22-50)65-40-34-56(52-25-13-6-14-26-52)44-63(65)69(68)62-43-55(51-23-11-5-12-24-51)33-39-64(62)71(66)57-35-29-53(30-36-57)49-19-7-3-8-20-49/h3-46H,1-2H3. The molecule has 0 saturated carbocycles. The van der Waals surface area contributed by atoms with E-state index in [0.29, 0.717) is 0 Å². The molecule has 0 amide bonds. The van der Waals surface area contributed by atoms with Crippen LogP contribution in [0.25, 0.3) is 44.5 Å². The van der Waals surface area contributed by atoms with Crippen LogP contribution in [-0.4, -0.2) is 6.71 Å². The first kappa shape index (κ1) is 42.9. The van der Waals surface area contributed by atoms with Crippen LogP contribution in [0, 0.1) is 13.8 Å². The lowest BCUT2D eigenvalue weighted by Crippen LogP contribution is -2.61. The van der Waals surface area contributed by atoms with Crippen molar-refractivity contribution in [2.45, 2.75) is 13.8 Å². The predicted molar refractivity (Wildman–Crippen MR) is 306 cm³/mol. The summed E-state index contributed by atoms with van der Waals surface area (Å²) in [7, 11) is 0. The van der Waals surface area contributed by atoms with Gasteiger partial charge in [0.05, 0.1) is 5.69 Å². The number of anilines is 9. The van der Waals surface area contributed by atoms with Crippen LogP contribution in [0.5, 0.6) is 0 Å². The maximum atomic E-state index is 2.53. The molecule has 0 N–H and O–H groups in total. The molecule has 2 heterocycles. The molecule has 340 valence electrons. The third-order valence-electron chi connectivity index (χ3n) is 14.5. The molecule has 11 aromatic rings. The molecule has 0 aliphatic carbocycles. The molecule has 11 aromatic carbocycles. The maximum absolute atomic E-state index is 2.53. The number of nitrogens with zero attached hydrogens (tertiary/aromatic N) is 3. The van der Waals surface area contributed by atoms with Crippen LogP contribution in [0.15, 0.2) is 267 Å². The van der Waals surface area contributed by atoms with E-state index in [0.717, 1.165) is 51.2 Å². The van der Waals surface area contributed by atoms with E-state index in [-0.39, 0.29) is 6.71 Å². The smallest absolute Gasteiger partial charge is 0.252 e. The van der Waals surface area contributed by atoms with Crippen molar-refractivity contribution in [2.24, 2.45) is 0 Å². The highest BCUT2D eigenvalue weighted by Gasteiger charge is 2.44. The average Bonchev–Trinajstić information content (AvgIpc) is 3.44. The Hall–Kier alpha value is -9.12. The summed E-state index contributed by atoms with van der Waals surface area (Å²) in [4.78, 5) is 7.51. The van der Waals surface area contributed by atoms with Crippen molar-refractivity contribution in [3.63, 3.8) is 0 Å². The minimum atomic E-state index is -0.104. The van der Waals surface area contributed by atoms with Gasteiger partial charge in [-0.05, 0) is 159 Å². The minimum Gasteiger partial charge on any atom is -0.311 e. The fourth-order valence-corrected chi connectivity index (χ4v) is 11.1. The van der Waals surface area contributed by atoms with Gasteiger partial charge in [-0.15, -0.1) is 0 Å². The number of hydrogen-bond acceptors (Lipinski definition) is 3. The maximum Gasteiger partial charge on any atom is 0.252 e. The fourth-order valence-electron chi connectivity index (χ4n) is 11.1. The topological polar surface area (TPSA) is 9.72 Å². The first-order chi connectivity index (χ1) is 35.5. The molecular formula is C68H50BN3. The van der Waals surface area contributed by atoms with E-state index in [1.807, 2.05) is 0 Å². The number of benzene rings is 11. The number of rotatable bonds is 9. The van der Waals surface area contributed by atoms with Gasteiger partial charge in [0, 0.05) is 45.5 Å². The summed E-state index contributed by atoms with van der Waals surface area (Å²) in [5.74, 6) is 0. The second kappa shape index (κ2) is 18.0. The van der Waals surface area contributed by atoms with E-state index < -0.39 is 0 Å². The van der Waals surface area contributed by atoms with Crippen molar-refractivity contribution in [3.05, 3.63) is 278 Å². The van der Waals surface area contributed by atoms with Gasteiger partial charge in [0.15, 0.2) is 0 Å².